The summed E-state index contributed by atoms with van der Waals surface area (Å²) in [6, 6.07) is 10.7. The Balaban J connectivity index is 1.87. The number of Topliss-reactive ketones (excluding diaryl/α,β-unsaturated/α-hetero) is 1. The van der Waals surface area contributed by atoms with E-state index >= 15 is 0 Å². The number of allylic oxidation sites excluding steroid dienone is 1. The highest BCUT2D eigenvalue weighted by molar-refractivity contribution is 6.15. The number of ketones is 1. The molecule has 1 aliphatic carbocycles. The van der Waals surface area contributed by atoms with Crippen LogP contribution in [0.25, 0.3) is 6.08 Å². The predicted octanol–water partition coefficient (Wildman–Crippen LogP) is 4.01. The van der Waals surface area contributed by atoms with Gasteiger partial charge in [0.2, 0.25) is 0 Å². The number of hydrogen-bond acceptors (Lipinski definition) is 4. The van der Waals surface area contributed by atoms with Gasteiger partial charge in [0.1, 0.15) is 5.75 Å². The minimum Gasteiger partial charge on any atom is -0.504 e. The number of phenols is 1. The van der Waals surface area contributed by atoms with Crippen LogP contribution in [0.2, 0.25) is 0 Å². The molecule has 0 saturated carbocycles. The minimum atomic E-state index is 0.0268. The maximum Gasteiger partial charge on any atom is 0.189 e. The second kappa shape index (κ2) is 6.79. The Labute approximate surface area is 141 Å². The van der Waals surface area contributed by atoms with E-state index in [2.05, 4.69) is 0 Å². The number of methoxy groups -OCH3 is 1. The molecule has 4 heteroatoms. The molecule has 0 aromatic heterocycles. The lowest BCUT2D eigenvalue weighted by molar-refractivity contribution is 0.104. The fourth-order valence-corrected chi connectivity index (χ4v) is 2.79. The van der Waals surface area contributed by atoms with Gasteiger partial charge in [-0.25, -0.2) is 0 Å². The van der Waals surface area contributed by atoms with Crippen molar-refractivity contribution in [3.8, 4) is 17.2 Å². The van der Waals surface area contributed by atoms with Crippen molar-refractivity contribution in [2.45, 2.75) is 19.8 Å². The van der Waals surface area contributed by atoms with Gasteiger partial charge in [-0.15, -0.1) is 0 Å². The Bertz CT molecular complexity index is 805. The molecule has 1 aliphatic rings. The van der Waals surface area contributed by atoms with E-state index in [1.165, 1.54) is 7.11 Å². The van der Waals surface area contributed by atoms with Crippen molar-refractivity contribution in [2.75, 3.05) is 13.7 Å². The number of rotatable bonds is 5. The molecule has 0 unspecified atom stereocenters. The molecular formula is C20H20O4. The first-order valence-corrected chi connectivity index (χ1v) is 8.00. The van der Waals surface area contributed by atoms with Gasteiger partial charge in [0.05, 0.1) is 13.7 Å². The summed E-state index contributed by atoms with van der Waals surface area (Å²) in [4.78, 5) is 12.6. The van der Waals surface area contributed by atoms with Crippen molar-refractivity contribution in [3.63, 3.8) is 0 Å². The highest BCUT2D eigenvalue weighted by Crippen LogP contribution is 2.32. The van der Waals surface area contributed by atoms with E-state index in [1.807, 2.05) is 31.2 Å². The number of phenolic OH excluding ortho intramolecular Hbond substituents is 1. The van der Waals surface area contributed by atoms with E-state index in [1.54, 1.807) is 18.2 Å². The number of ether oxygens (including phenoxy) is 2. The SMILES string of the molecule is CCCOc1ccc2c(c1)C(=O)C(=Cc1ccc(O)c(OC)c1)C2. The van der Waals surface area contributed by atoms with Crippen molar-refractivity contribution in [1.82, 2.24) is 0 Å². The van der Waals surface area contributed by atoms with Crippen molar-refractivity contribution in [3.05, 3.63) is 58.7 Å². The van der Waals surface area contributed by atoms with Crippen molar-refractivity contribution in [2.24, 2.45) is 0 Å². The van der Waals surface area contributed by atoms with Crippen molar-refractivity contribution >= 4 is 11.9 Å². The van der Waals surface area contributed by atoms with Crippen LogP contribution in [0.5, 0.6) is 17.2 Å². The van der Waals surface area contributed by atoms with Crippen LogP contribution < -0.4 is 9.47 Å². The molecule has 1 N–H and O–H groups in total. The van der Waals surface area contributed by atoms with E-state index in [0.29, 0.717) is 24.3 Å². The Morgan fingerprint density at radius 1 is 1.21 bits per heavy atom. The number of aromatic hydroxyl groups is 1. The number of benzene rings is 2. The molecule has 0 bridgehead atoms. The predicted molar refractivity (Wildman–Crippen MR) is 92.9 cm³/mol. The third-order valence-electron chi connectivity index (χ3n) is 4.02. The van der Waals surface area contributed by atoms with Crippen LogP contribution in [0.3, 0.4) is 0 Å². The fraction of sp³-hybridized carbons (Fsp3) is 0.250. The summed E-state index contributed by atoms with van der Waals surface area (Å²) >= 11 is 0. The lowest BCUT2D eigenvalue weighted by Gasteiger charge is -2.05. The quantitative estimate of drug-likeness (QED) is 0.844. The monoisotopic (exact) mass is 324 g/mol. The third-order valence-corrected chi connectivity index (χ3v) is 4.02. The molecule has 0 atom stereocenters. The molecule has 2 aromatic carbocycles. The van der Waals surface area contributed by atoms with Gasteiger partial charge < -0.3 is 14.6 Å². The van der Waals surface area contributed by atoms with Gasteiger partial charge in [0, 0.05) is 17.6 Å². The van der Waals surface area contributed by atoms with E-state index in [9.17, 15) is 9.90 Å². The number of fused-ring (bicyclic) bond motifs is 1. The fourth-order valence-electron chi connectivity index (χ4n) is 2.79. The Kier molecular flexibility index (Phi) is 4.56. The van der Waals surface area contributed by atoms with Crippen LogP contribution in [0, 0.1) is 0 Å². The van der Waals surface area contributed by atoms with Gasteiger partial charge in [-0.2, -0.15) is 0 Å². The molecule has 0 spiro atoms. The second-order valence-corrected chi connectivity index (χ2v) is 5.77. The molecule has 0 fully saturated rings. The molecule has 124 valence electrons. The Hall–Kier alpha value is -2.75. The van der Waals surface area contributed by atoms with Gasteiger partial charge in [-0.3, -0.25) is 4.79 Å². The topological polar surface area (TPSA) is 55.8 Å². The third kappa shape index (κ3) is 3.13. The molecule has 0 saturated heterocycles. The molecule has 3 rings (SSSR count). The molecule has 0 radical (unpaired) electrons. The largest absolute Gasteiger partial charge is 0.504 e. The van der Waals surface area contributed by atoms with Crippen LogP contribution in [0.1, 0.15) is 34.8 Å². The van der Waals surface area contributed by atoms with Crippen LogP contribution in [0.15, 0.2) is 42.0 Å². The number of hydrogen-bond donors (Lipinski definition) is 1. The summed E-state index contributed by atoms with van der Waals surface area (Å²) in [6.45, 7) is 2.69. The Morgan fingerprint density at radius 3 is 2.79 bits per heavy atom. The number of carbonyl (C=O) groups is 1. The van der Waals surface area contributed by atoms with Gasteiger partial charge in [0.15, 0.2) is 17.3 Å². The van der Waals surface area contributed by atoms with E-state index in [4.69, 9.17) is 9.47 Å². The average Bonchev–Trinajstić information content (AvgIpc) is 2.90. The van der Waals surface area contributed by atoms with Gasteiger partial charge in [0.25, 0.3) is 0 Å². The molecule has 0 heterocycles. The normalized spacial score (nSPS) is 14.8. The zero-order valence-corrected chi connectivity index (χ0v) is 13.8. The molecule has 4 nitrogen and oxygen atoms in total. The van der Waals surface area contributed by atoms with Gasteiger partial charge in [-0.05, 0) is 47.9 Å². The first kappa shape index (κ1) is 16.1. The maximum absolute atomic E-state index is 12.6. The van der Waals surface area contributed by atoms with E-state index in [0.717, 1.165) is 28.9 Å². The zero-order chi connectivity index (χ0) is 17.1. The average molecular weight is 324 g/mol. The summed E-state index contributed by atoms with van der Waals surface area (Å²) in [5.74, 6) is 1.23. The van der Waals surface area contributed by atoms with Crippen LogP contribution in [-0.2, 0) is 6.42 Å². The van der Waals surface area contributed by atoms with Crippen LogP contribution in [0.4, 0.5) is 0 Å². The highest BCUT2D eigenvalue weighted by Gasteiger charge is 2.25. The molecular weight excluding hydrogens is 304 g/mol. The lowest BCUT2D eigenvalue weighted by atomic mass is 10.1. The van der Waals surface area contributed by atoms with Crippen LogP contribution >= 0.6 is 0 Å². The second-order valence-electron chi connectivity index (χ2n) is 5.77. The van der Waals surface area contributed by atoms with Gasteiger partial charge in [-0.1, -0.05) is 19.1 Å². The van der Waals surface area contributed by atoms with E-state index < -0.39 is 0 Å². The summed E-state index contributed by atoms with van der Waals surface area (Å²) in [5, 5.41) is 9.66. The lowest BCUT2D eigenvalue weighted by Crippen LogP contribution is -1.98. The highest BCUT2D eigenvalue weighted by atomic mass is 16.5. The van der Waals surface area contributed by atoms with Crippen molar-refractivity contribution < 1.29 is 19.4 Å². The standard InChI is InChI=1S/C20H20O4/c1-3-8-24-16-6-5-14-11-15(20(22)17(14)12-16)9-13-4-7-18(21)19(10-13)23-2/h4-7,9-10,12,21H,3,8,11H2,1-2H3. The molecule has 0 aliphatic heterocycles. The summed E-state index contributed by atoms with van der Waals surface area (Å²) in [5.41, 5.74) is 3.27. The minimum absolute atomic E-state index is 0.0268. The maximum atomic E-state index is 12.6. The Morgan fingerprint density at radius 2 is 2.04 bits per heavy atom. The summed E-state index contributed by atoms with van der Waals surface area (Å²) in [7, 11) is 1.50. The summed E-state index contributed by atoms with van der Waals surface area (Å²) < 4.78 is 10.7. The zero-order valence-electron chi connectivity index (χ0n) is 13.8. The van der Waals surface area contributed by atoms with Crippen LogP contribution in [-0.4, -0.2) is 24.6 Å². The van der Waals surface area contributed by atoms with Gasteiger partial charge >= 0.3 is 0 Å². The molecule has 0 amide bonds. The molecule has 2 aromatic rings. The first-order valence-electron chi connectivity index (χ1n) is 8.00. The van der Waals surface area contributed by atoms with E-state index in [-0.39, 0.29) is 11.5 Å². The number of carbonyl (C=O) groups excluding carboxylic acids is 1. The van der Waals surface area contributed by atoms with Crippen molar-refractivity contribution in [1.29, 1.82) is 0 Å². The first-order chi connectivity index (χ1) is 11.6. The smallest absolute Gasteiger partial charge is 0.189 e. The summed E-state index contributed by atoms with van der Waals surface area (Å²) in [6.07, 6.45) is 3.38. The molecule has 24 heavy (non-hydrogen) atoms.